The predicted octanol–water partition coefficient (Wildman–Crippen LogP) is 2.72. The van der Waals surface area contributed by atoms with Crippen molar-refractivity contribution in [3.05, 3.63) is 47.8 Å². The van der Waals surface area contributed by atoms with Crippen LogP contribution in [0.15, 0.2) is 39.6 Å². The fraction of sp³-hybridized carbons (Fsp3) is 0.333. The third-order valence-electron chi connectivity index (χ3n) is 2.35. The van der Waals surface area contributed by atoms with Crippen LogP contribution >= 0.6 is 0 Å². The molecule has 0 fully saturated rings. The normalized spacial score (nSPS) is 10.7. The molecule has 0 atom stereocenters. The van der Waals surface area contributed by atoms with Crippen LogP contribution in [-0.2, 0) is 19.5 Å². The minimum atomic E-state index is 0.751. The second-order valence-corrected chi connectivity index (χ2v) is 3.41. The quantitative estimate of drug-likeness (QED) is 0.815. The Labute approximate surface area is 89.1 Å². The topological polar surface area (TPSA) is 38.3 Å². The van der Waals surface area contributed by atoms with Crippen LogP contribution in [-0.4, -0.2) is 0 Å². The summed E-state index contributed by atoms with van der Waals surface area (Å²) >= 11 is 0. The molecule has 0 saturated heterocycles. The van der Waals surface area contributed by atoms with Crippen LogP contribution in [0, 0.1) is 0 Å². The van der Waals surface area contributed by atoms with Gasteiger partial charge in [-0.1, -0.05) is 6.92 Å². The van der Waals surface area contributed by atoms with Crippen molar-refractivity contribution in [3.63, 3.8) is 0 Å². The van der Waals surface area contributed by atoms with Gasteiger partial charge in [-0.3, -0.25) is 0 Å². The van der Waals surface area contributed by atoms with E-state index in [4.69, 9.17) is 8.83 Å². The Morgan fingerprint density at radius 3 is 2.80 bits per heavy atom. The third kappa shape index (κ3) is 2.50. The van der Waals surface area contributed by atoms with Crippen molar-refractivity contribution in [3.8, 4) is 0 Å². The summed E-state index contributed by atoms with van der Waals surface area (Å²) in [6.07, 6.45) is 4.36. The molecule has 80 valence electrons. The Bertz CT molecular complexity index is 389. The number of hydrogen-bond acceptors (Lipinski definition) is 3. The lowest BCUT2D eigenvalue weighted by Gasteiger charge is -2.02. The van der Waals surface area contributed by atoms with Gasteiger partial charge in [-0.2, -0.15) is 0 Å². The molecule has 0 aliphatic rings. The molecule has 1 N–H and O–H groups in total. The van der Waals surface area contributed by atoms with Crippen LogP contribution in [0.4, 0.5) is 0 Å². The molecule has 2 rings (SSSR count). The first kappa shape index (κ1) is 10.1. The van der Waals surface area contributed by atoms with E-state index in [2.05, 4.69) is 12.2 Å². The standard InChI is InChI=1S/C12H15NO2/c1-2-12-10(5-7-15-12)8-13-9-11-4-3-6-14-11/h3-7,13H,2,8-9H2,1H3. The van der Waals surface area contributed by atoms with Crippen molar-refractivity contribution in [2.45, 2.75) is 26.4 Å². The summed E-state index contributed by atoms with van der Waals surface area (Å²) in [4.78, 5) is 0. The zero-order chi connectivity index (χ0) is 10.5. The molecule has 0 amide bonds. The molecule has 0 bridgehead atoms. The molecule has 0 unspecified atom stereocenters. The molecule has 3 nitrogen and oxygen atoms in total. The van der Waals surface area contributed by atoms with Crippen LogP contribution < -0.4 is 5.32 Å². The average Bonchev–Trinajstić information content (AvgIpc) is 2.88. The van der Waals surface area contributed by atoms with Crippen molar-refractivity contribution in [2.75, 3.05) is 0 Å². The van der Waals surface area contributed by atoms with E-state index < -0.39 is 0 Å². The highest BCUT2D eigenvalue weighted by molar-refractivity contribution is 5.16. The molecule has 0 saturated carbocycles. The number of hydrogen-bond donors (Lipinski definition) is 1. The van der Waals surface area contributed by atoms with Gasteiger partial charge in [0.25, 0.3) is 0 Å². The van der Waals surface area contributed by atoms with Crippen LogP contribution in [0.25, 0.3) is 0 Å². The average molecular weight is 205 g/mol. The molecule has 2 aromatic heterocycles. The molecule has 0 spiro atoms. The van der Waals surface area contributed by atoms with Crippen molar-refractivity contribution in [1.29, 1.82) is 0 Å². The van der Waals surface area contributed by atoms with Gasteiger partial charge in [-0.05, 0) is 18.2 Å². The first-order chi connectivity index (χ1) is 7.40. The molecule has 0 aliphatic carbocycles. The monoisotopic (exact) mass is 205 g/mol. The lowest BCUT2D eigenvalue weighted by molar-refractivity contribution is 0.477. The van der Waals surface area contributed by atoms with E-state index in [0.29, 0.717) is 0 Å². The minimum Gasteiger partial charge on any atom is -0.469 e. The molecule has 0 aliphatic heterocycles. The Hall–Kier alpha value is -1.48. The lowest BCUT2D eigenvalue weighted by atomic mass is 10.2. The van der Waals surface area contributed by atoms with Gasteiger partial charge >= 0.3 is 0 Å². The summed E-state index contributed by atoms with van der Waals surface area (Å²) in [5.74, 6) is 2.01. The van der Waals surface area contributed by atoms with Gasteiger partial charge in [0.05, 0.1) is 19.1 Å². The van der Waals surface area contributed by atoms with E-state index >= 15 is 0 Å². The highest BCUT2D eigenvalue weighted by atomic mass is 16.3. The predicted molar refractivity (Wildman–Crippen MR) is 57.3 cm³/mol. The Morgan fingerprint density at radius 2 is 2.07 bits per heavy atom. The van der Waals surface area contributed by atoms with E-state index in [1.165, 1.54) is 5.56 Å². The Kier molecular flexibility index (Phi) is 3.25. The number of rotatable bonds is 5. The van der Waals surface area contributed by atoms with Crippen molar-refractivity contribution in [1.82, 2.24) is 5.32 Å². The fourth-order valence-electron chi connectivity index (χ4n) is 1.57. The van der Waals surface area contributed by atoms with E-state index in [-0.39, 0.29) is 0 Å². The van der Waals surface area contributed by atoms with E-state index in [1.54, 1.807) is 12.5 Å². The fourth-order valence-corrected chi connectivity index (χ4v) is 1.57. The molecule has 2 aromatic rings. The van der Waals surface area contributed by atoms with Crippen molar-refractivity contribution < 1.29 is 8.83 Å². The highest BCUT2D eigenvalue weighted by Gasteiger charge is 2.03. The third-order valence-corrected chi connectivity index (χ3v) is 2.35. The van der Waals surface area contributed by atoms with E-state index in [9.17, 15) is 0 Å². The number of aryl methyl sites for hydroxylation is 1. The van der Waals surface area contributed by atoms with Gasteiger partial charge in [0.15, 0.2) is 0 Å². The Morgan fingerprint density at radius 1 is 1.13 bits per heavy atom. The molecule has 15 heavy (non-hydrogen) atoms. The van der Waals surface area contributed by atoms with Crippen molar-refractivity contribution in [2.24, 2.45) is 0 Å². The van der Waals surface area contributed by atoms with Gasteiger partial charge in [-0.25, -0.2) is 0 Å². The zero-order valence-electron chi connectivity index (χ0n) is 8.82. The van der Waals surface area contributed by atoms with Crippen LogP contribution in [0.3, 0.4) is 0 Å². The summed E-state index contributed by atoms with van der Waals surface area (Å²) in [5, 5.41) is 3.31. The van der Waals surface area contributed by atoms with Gasteiger partial charge < -0.3 is 14.2 Å². The maximum atomic E-state index is 5.34. The van der Waals surface area contributed by atoms with E-state index in [1.807, 2.05) is 18.2 Å². The first-order valence-electron chi connectivity index (χ1n) is 5.18. The largest absolute Gasteiger partial charge is 0.469 e. The van der Waals surface area contributed by atoms with Crippen molar-refractivity contribution >= 4 is 0 Å². The summed E-state index contributed by atoms with van der Waals surface area (Å²) in [7, 11) is 0. The van der Waals surface area contributed by atoms with Gasteiger partial charge in [-0.15, -0.1) is 0 Å². The second kappa shape index (κ2) is 4.84. The van der Waals surface area contributed by atoms with Gasteiger partial charge in [0, 0.05) is 18.5 Å². The van der Waals surface area contributed by atoms with Gasteiger partial charge in [0.2, 0.25) is 0 Å². The molecule has 0 radical (unpaired) electrons. The summed E-state index contributed by atoms with van der Waals surface area (Å²) < 4.78 is 10.6. The zero-order valence-corrected chi connectivity index (χ0v) is 8.82. The second-order valence-electron chi connectivity index (χ2n) is 3.41. The summed E-state index contributed by atoms with van der Waals surface area (Å²) in [6.45, 7) is 3.66. The SMILES string of the molecule is CCc1occc1CNCc1ccco1. The molecular weight excluding hydrogens is 190 g/mol. The van der Waals surface area contributed by atoms with Gasteiger partial charge in [0.1, 0.15) is 11.5 Å². The lowest BCUT2D eigenvalue weighted by Crippen LogP contribution is -2.12. The minimum absolute atomic E-state index is 0.751. The molecule has 3 heteroatoms. The number of furan rings is 2. The maximum absolute atomic E-state index is 5.34. The van der Waals surface area contributed by atoms with E-state index in [0.717, 1.165) is 31.0 Å². The molecular formula is C12H15NO2. The van der Waals surface area contributed by atoms with Crippen LogP contribution in [0.2, 0.25) is 0 Å². The Balaban J connectivity index is 1.83. The van der Waals surface area contributed by atoms with Crippen LogP contribution in [0.1, 0.15) is 24.0 Å². The summed E-state index contributed by atoms with van der Waals surface area (Å²) in [5.41, 5.74) is 1.23. The summed E-state index contributed by atoms with van der Waals surface area (Å²) in [6, 6.07) is 5.86. The van der Waals surface area contributed by atoms with Crippen LogP contribution in [0.5, 0.6) is 0 Å². The molecule has 0 aromatic carbocycles. The molecule has 2 heterocycles. The number of nitrogens with one attached hydrogen (secondary N) is 1. The maximum Gasteiger partial charge on any atom is 0.117 e. The smallest absolute Gasteiger partial charge is 0.117 e. The highest BCUT2D eigenvalue weighted by Crippen LogP contribution is 2.11. The first-order valence-corrected chi connectivity index (χ1v) is 5.18.